The van der Waals surface area contributed by atoms with Crippen molar-refractivity contribution in [2.45, 2.75) is 39.4 Å². The van der Waals surface area contributed by atoms with Gasteiger partial charge in [0.15, 0.2) is 0 Å². The molecule has 0 aliphatic heterocycles. The van der Waals surface area contributed by atoms with Gasteiger partial charge in [0, 0.05) is 12.6 Å². The van der Waals surface area contributed by atoms with Crippen molar-refractivity contribution < 1.29 is 8.60 Å². The predicted molar refractivity (Wildman–Crippen MR) is 109 cm³/mol. The smallest absolute Gasteiger partial charge is 0.254 e. The molecule has 1 aliphatic carbocycles. The van der Waals surface area contributed by atoms with Crippen molar-refractivity contribution in [2.24, 2.45) is 18.9 Å². The summed E-state index contributed by atoms with van der Waals surface area (Å²) in [7, 11) is 0.355. The van der Waals surface area contributed by atoms with Gasteiger partial charge in [-0.2, -0.15) is 0 Å². The minimum atomic E-state index is -1.26. The number of hydrogen-bond acceptors (Lipinski definition) is 3. The first-order chi connectivity index (χ1) is 12.7. The standard InChI is InChI=1S/C20H26FN3O2S/c1-11(2)14-10-18(14)27(26)23-17-9-13(4)20(25)24(5)19(17)22-16-7-6-12(3)8-15(16)21/h6-9,11,14,18,22-23H,10H2,1-5H3. The third kappa shape index (κ3) is 4.08. The lowest BCUT2D eigenvalue weighted by molar-refractivity contribution is 0.563. The fraction of sp³-hybridized carbons (Fsp3) is 0.450. The number of aromatic nitrogens is 1. The molecule has 1 aliphatic rings. The summed E-state index contributed by atoms with van der Waals surface area (Å²) < 4.78 is 31.5. The Morgan fingerprint density at radius 2 is 1.93 bits per heavy atom. The van der Waals surface area contributed by atoms with E-state index in [1.807, 2.05) is 6.92 Å². The van der Waals surface area contributed by atoms with Gasteiger partial charge in [0.05, 0.1) is 16.6 Å². The van der Waals surface area contributed by atoms with Crippen LogP contribution in [0.5, 0.6) is 0 Å². The maximum Gasteiger partial charge on any atom is 0.254 e. The zero-order chi connectivity index (χ0) is 19.9. The summed E-state index contributed by atoms with van der Waals surface area (Å²) in [6.07, 6.45) is 0.928. The second kappa shape index (κ2) is 7.46. The number of pyridine rings is 1. The lowest BCUT2D eigenvalue weighted by Crippen LogP contribution is -2.24. The van der Waals surface area contributed by atoms with Crippen molar-refractivity contribution in [3.63, 3.8) is 0 Å². The molecule has 2 aromatic rings. The number of benzene rings is 1. The molecule has 3 rings (SSSR count). The van der Waals surface area contributed by atoms with E-state index in [9.17, 15) is 13.4 Å². The second-order valence-corrected chi connectivity index (χ2v) is 9.05. The number of hydrogen-bond donors (Lipinski definition) is 2. The molecule has 0 saturated heterocycles. The van der Waals surface area contributed by atoms with E-state index < -0.39 is 16.8 Å². The van der Waals surface area contributed by atoms with E-state index in [0.29, 0.717) is 28.9 Å². The van der Waals surface area contributed by atoms with E-state index in [1.165, 1.54) is 10.6 Å². The molecule has 3 atom stereocenters. The van der Waals surface area contributed by atoms with Crippen LogP contribution in [0.4, 0.5) is 21.6 Å². The SMILES string of the molecule is Cc1ccc(Nc2c(NS(=O)C3CC3C(C)C)cc(C)c(=O)n2C)c(F)c1. The van der Waals surface area contributed by atoms with Crippen LogP contribution in [-0.2, 0) is 18.0 Å². The molecule has 3 unspecified atom stereocenters. The monoisotopic (exact) mass is 391 g/mol. The first-order valence-electron chi connectivity index (χ1n) is 9.10. The van der Waals surface area contributed by atoms with E-state index >= 15 is 0 Å². The lowest BCUT2D eigenvalue weighted by Gasteiger charge is -2.18. The van der Waals surface area contributed by atoms with Gasteiger partial charge in [0.1, 0.15) is 22.6 Å². The van der Waals surface area contributed by atoms with Gasteiger partial charge >= 0.3 is 0 Å². The quantitative estimate of drug-likeness (QED) is 0.782. The van der Waals surface area contributed by atoms with Crippen LogP contribution >= 0.6 is 0 Å². The zero-order valence-corrected chi connectivity index (χ0v) is 17.1. The molecule has 1 fully saturated rings. The van der Waals surface area contributed by atoms with Crippen LogP contribution in [0.15, 0.2) is 29.1 Å². The van der Waals surface area contributed by atoms with Crippen LogP contribution in [-0.4, -0.2) is 14.0 Å². The first kappa shape index (κ1) is 19.6. The van der Waals surface area contributed by atoms with E-state index in [4.69, 9.17) is 0 Å². The number of nitrogens with zero attached hydrogens (tertiary/aromatic N) is 1. The van der Waals surface area contributed by atoms with Crippen LogP contribution in [0.3, 0.4) is 0 Å². The van der Waals surface area contributed by atoms with E-state index in [1.54, 1.807) is 32.2 Å². The maximum absolute atomic E-state index is 14.3. The average molecular weight is 392 g/mol. The Labute approximate surface area is 161 Å². The van der Waals surface area contributed by atoms with E-state index in [0.717, 1.165) is 12.0 Å². The third-order valence-electron chi connectivity index (χ3n) is 5.09. The Balaban J connectivity index is 1.94. The molecule has 1 heterocycles. The maximum atomic E-state index is 14.3. The summed E-state index contributed by atoms with van der Waals surface area (Å²) >= 11 is 0. The Bertz CT molecular complexity index is 955. The summed E-state index contributed by atoms with van der Waals surface area (Å²) in [5.74, 6) is 0.917. The molecule has 0 bridgehead atoms. The highest BCUT2D eigenvalue weighted by molar-refractivity contribution is 7.87. The fourth-order valence-corrected chi connectivity index (χ4v) is 4.85. The van der Waals surface area contributed by atoms with Crippen LogP contribution < -0.4 is 15.6 Å². The number of nitrogens with one attached hydrogen (secondary N) is 2. The molecule has 0 amide bonds. The van der Waals surface area contributed by atoms with Gasteiger partial charge in [-0.05, 0) is 55.9 Å². The van der Waals surface area contributed by atoms with Crippen LogP contribution in [0.25, 0.3) is 0 Å². The van der Waals surface area contributed by atoms with Crippen LogP contribution in [0.1, 0.15) is 31.4 Å². The first-order valence-corrected chi connectivity index (χ1v) is 10.3. The van der Waals surface area contributed by atoms with Crippen LogP contribution in [0, 0.1) is 31.5 Å². The topological polar surface area (TPSA) is 63.1 Å². The largest absolute Gasteiger partial charge is 0.337 e. The molecule has 1 aromatic heterocycles. The van der Waals surface area contributed by atoms with Crippen molar-refractivity contribution in [1.82, 2.24) is 4.57 Å². The predicted octanol–water partition coefficient (Wildman–Crippen LogP) is 4.00. The second-order valence-electron chi connectivity index (χ2n) is 7.64. The van der Waals surface area contributed by atoms with Crippen molar-refractivity contribution >= 4 is 28.2 Å². The summed E-state index contributed by atoms with van der Waals surface area (Å²) in [6, 6.07) is 6.52. The van der Waals surface area contributed by atoms with Gasteiger partial charge in [-0.15, -0.1) is 0 Å². The van der Waals surface area contributed by atoms with Crippen molar-refractivity contribution in [1.29, 1.82) is 0 Å². The summed E-state index contributed by atoms with van der Waals surface area (Å²) in [5, 5.41) is 3.10. The van der Waals surface area contributed by atoms with Gasteiger partial charge in [0.2, 0.25) is 0 Å². The molecule has 2 N–H and O–H groups in total. The third-order valence-corrected chi connectivity index (χ3v) is 6.60. The van der Waals surface area contributed by atoms with Gasteiger partial charge in [0.25, 0.3) is 5.56 Å². The van der Waals surface area contributed by atoms with Crippen molar-refractivity contribution in [3.05, 3.63) is 51.6 Å². The summed E-state index contributed by atoms with van der Waals surface area (Å²) in [5.41, 5.74) is 1.95. The molecule has 5 nitrogen and oxygen atoms in total. The van der Waals surface area contributed by atoms with E-state index in [-0.39, 0.29) is 16.5 Å². The van der Waals surface area contributed by atoms with Crippen molar-refractivity contribution in [2.75, 3.05) is 10.0 Å². The average Bonchev–Trinajstić information content (AvgIpc) is 3.39. The molecule has 1 saturated carbocycles. The molecule has 27 heavy (non-hydrogen) atoms. The highest BCUT2D eigenvalue weighted by Crippen LogP contribution is 2.42. The minimum absolute atomic E-state index is 0.103. The van der Waals surface area contributed by atoms with Gasteiger partial charge in [-0.1, -0.05) is 19.9 Å². The molecule has 146 valence electrons. The van der Waals surface area contributed by atoms with Crippen LogP contribution in [0.2, 0.25) is 0 Å². The van der Waals surface area contributed by atoms with Crippen molar-refractivity contribution in [3.8, 4) is 0 Å². The molecule has 0 spiro atoms. The normalized spacial score (nSPS) is 19.8. The molecule has 1 aromatic carbocycles. The highest BCUT2D eigenvalue weighted by Gasteiger charge is 2.44. The van der Waals surface area contributed by atoms with Gasteiger partial charge in [-0.3, -0.25) is 9.36 Å². The Hall–Kier alpha value is -2.15. The highest BCUT2D eigenvalue weighted by atomic mass is 32.2. The van der Waals surface area contributed by atoms with E-state index in [2.05, 4.69) is 23.9 Å². The Kier molecular flexibility index (Phi) is 5.42. The number of halogens is 1. The lowest BCUT2D eigenvalue weighted by atomic mass is 10.1. The number of rotatable bonds is 6. The minimum Gasteiger partial charge on any atom is -0.337 e. The summed E-state index contributed by atoms with van der Waals surface area (Å²) in [4.78, 5) is 12.4. The molecular formula is C20H26FN3O2S. The molecule has 0 radical (unpaired) electrons. The molecule has 7 heteroatoms. The van der Waals surface area contributed by atoms with Gasteiger partial charge in [-0.25, -0.2) is 8.60 Å². The van der Waals surface area contributed by atoms with Gasteiger partial charge < -0.3 is 10.0 Å². The summed E-state index contributed by atoms with van der Waals surface area (Å²) in [6.45, 7) is 7.78. The number of aryl methyl sites for hydroxylation is 2. The zero-order valence-electron chi connectivity index (χ0n) is 16.3. The Morgan fingerprint density at radius 1 is 1.22 bits per heavy atom. The Morgan fingerprint density at radius 3 is 2.52 bits per heavy atom. The fourth-order valence-electron chi connectivity index (χ4n) is 3.29. The molecular weight excluding hydrogens is 365 g/mol. The number of anilines is 3.